The van der Waals surface area contributed by atoms with Crippen molar-refractivity contribution in [2.45, 2.75) is 56.8 Å². The number of sulfonamides is 1. The number of aryl methyl sites for hydroxylation is 1. The van der Waals surface area contributed by atoms with Gasteiger partial charge in [0.2, 0.25) is 10.0 Å². The zero-order valence-electron chi connectivity index (χ0n) is 12.9. The highest BCUT2D eigenvalue weighted by Crippen LogP contribution is 2.19. The lowest BCUT2D eigenvalue weighted by molar-refractivity contribution is 0.0902. The molecular weight excluding hydrogens is 290 g/mol. The molecule has 6 nitrogen and oxygen atoms in total. The molecule has 2 unspecified atom stereocenters. The van der Waals surface area contributed by atoms with Crippen LogP contribution >= 0.6 is 0 Å². The van der Waals surface area contributed by atoms with Crippen LogP contribution in [0.15, 0.2) is 17.2 Å². The normalized spacial score (nSPS) is 20.8. The number of nitrogens with zero attached hydrogens (tertiary/aromatic N) is 1. The number of aromatic nitrogens is 1. The smallest absolute Gasteiger partial charge is 0.242 e. The molecule has 1 aliphatic rings. The van der Waals surface area contributed by atoms with Gasteiger partial charge in [-0.25, -0.2) is 13.1 Å². The summed E-state index contributed by atoms with van der Waals surface area (Å²) < 4.78 is 35.2. The van der Waals surface area contributed by atoms with Gasteiger partial charge < -0.3 is 14.6 Å². The molecule has 1 aromatic rings. The van der Waals surface area contributed by atoms with E-state index in [9.17, 15) is 8.42 Å². The van der Waals surface area contributed by atoms with E-state index in [2.05, 4.69) is 10.0 Å². The maximum absolute atomic E-state index is 12.5. The first-order valence-corrected chi connectivity index (χ1v) is 8.94. The summed E-state index contributed by atoms with van der Waals surface area (Å²) in [5.41, 5.74) is 0.963. The summed E-state index contributed by atoms with van der Waals surface area (Å²) >= 11 is 0. The number of nitrogens with one attached hydrogen (secondary N) is 2. The summed E-state index contributed by atoms with van der Waals surface area (Å²) in [6.45, 7) is 5.96. The maximum Gasteiger partial charge on any atom is 0.242 e. The number of hydrogen-bond acceptors (Lipinski definition) is 4. The van der Waals surface area contributed by atoms with Gasteiger partial charge in [0.1, 0.15) is 0 Å². The summed E-state index contributed by atoms with van der Waals surface area (Å²) in [7, 11) is -1.66. The fourth-order valence-corrected chi connectivity index (χ4v) is 4.02. The van der Waals surface area contributed by atoms with E-state index in [0.717, 1.165) is 31.7 Å². The predicted octanol–water partition coefficient (Wildman–Crippen LogP) is 1.07. The average Bonchev–Trinajstić information content (AvgIpc) is 3.08. The van der Waals surface area contributed by atoms with Crippen molar-refractivity contribution >= 4 is 10.0 Å². The van der Waals surface area contributed by atoms with Gasteiger partial charge in [0.15, 0.2) is 0 Å². The second kappa shape index (κ2) is 6.91. The third-order valence-electron chi connectivity index (χ3n) is 3.83. The summed E-state index contributed by atoms with van der Waals surface area (Å²) in [6.07, 6.45) is 3.57. The van der Waals surface area contributed by atoms with Crippen molar-refractivity contribution in [3.63, 3.8) is 0 Å². The van der Waals surface area contributed by atoms with Crippen LogP contribution in [-0.4, -0.2) is 38.8 Å². The van der Waals surface area contributed by atoms with Crippen LogP contribution < -0.4 is 10.0 Å². The van der Waals surface area contributed by atoms with Crippen molar-refractivity contribution in [2.75, 3.05) is 13.7 Å². The van der Waals surface area contributed by atoms with Gasteiger partial charge in [-0.15, -0.1) is 0 Å². The second-order valence-electron chi connectivity index (χ2n) is 5.44. The first kappa shape index (κ1) is 16.5. The molecule has 2 heterocycles. The first-order chi connectivity index (χ1) is 9.97. The standard InChI is InChI=1S/C14H25N3O3S/c1-4-17-10-13(8-12(17)9-15-3)21(18,19)16-11(2)14-6-5-7-20-14/h8,10-11,14-16H,4-7,9H2,1-3H3. The van der Waals surface area contributed by atoms with Gasteiger partial charge in [-0.1, -0.05) is 0 Å². The van der Waals surface area contributed by atoms with Gasteiger partial charge in [0.25, 0.3) is 0 Å². The topological polar surface area (TPSA) is 72.4 Å². The third kappa shape index (κ3) is 3.85. The van der Waals surface area contributed by atoms with E-state index in [-0.39, 0.29) is 12.1 Å². The Labute approximate surface area is 126 Å². The highest BCUT2D eigenvalue weighted by molar-refractivity contribution is 7.89. The Hall–Kier alpha value is -0.890. The molecule has 0 bridgehead atoms. The quantitative estimate of drug-likeness (QED) is 0.789. The molecule has 0 amide bonds. The van der Waals surface area contributed by atoms with Crippen LogP contribution in [0.5, 0.6) is 0 Å². The zero-order chi connectivity index (χ0) is 15.5. The van der Waals surface area contributed by atoms with Crippen molar-refractivity contribution < 1.29 is 13.2 Å². The first-order valence-electron chi connectivity index (χ1n) is 7.45. The van der Waals surface area contributed by atoms with Crippen LogP contribution in [0.2, 0.25) is 0 Å². The lowest BCUT2D eigenvalue weighted by Gasteiger charge is -2.19. The van der Waals surface area contributed by atoms with Crippen LogP contribution in [0.1, 0.15) is 32.4 Å². The molecule has 0 saturated carbocycles. The van der Waals surface area contributed by atoms with Crippen LogP contribution in [0.25, 0.3) is 0 Å². The molecule has 0 aliphatic carbocycles. The average molecular weight is 315 g/mol. The number of hydrogen-bond donors (Lipinski definition) is 2. The number of ether oxygens (including phenoxy) is 1. The van der Waals surface area contributed by atoms with E-state index in [1.54, 1.807) is 12.3 Å². The predicted molar refractivity (Wildman–Crippen MR) is 81.6 cm³/mol. The molecule has 120 valence electrons. The molecular formula is C14H25N3O3S. The minimum atomic E-state index is -3.51. The largest absolute Gasteiger partial charge is 0.377 e. The monoisotopic (exact) mass is 315 g/mol. The lowest BCUT2D eigenvalue weighted by Crippen LogP contribution is -2.40. The Morgan fingerprint density at radius 2 is 2.29 bits per heavy atom. The van der Waals surface area contributed by atoms with Gasteiger partial charge in [-0.05, 0) is 39.8 Å². The molecule has 0 spiro atoms. The fraction of sp³-hybridized carbons (Fsp3) is 0.714. The Morgan fingerprint density at radius 3 is 2.86 bits per heavy atom. The van der Waals surface area contributed by atoms with Crippen molar-refractivity contribution in [1.29, 1.82) is 0 Å². The zero-order valence-corrected chi connectivity index (χ0v) is 13.7. The maximum atomic E-state index is 12.5. The van der Waals surface area contributed by atoms with E-state index >= 15 is 0 Å². The molecule has 1 aromatic heterocycles. The SMILES string of the molecule is CCn1cc(S(=O)(=O)NC(C)C2CCCO2)cc1CNC. The second-order valence-corrected chi connectivity index (χ2v) is 7.16. The van der Waals surface area contributed by atoms with E-state index < -0.39 is 10.0 Å². The Bertz CT molecular complexity index is 562. The van der Waals surface area contributed by atoms with Gasteiger partial charge in [0, 0.05) is 37.6 Å². The third-order valence-corrected chi connectivity index (χ3v) is 5.36. The minimum absolute atomic E-state index is 0.0233. The molecule has 0 aromatic carbocycles. The van der Waals surface area contributed by atoms with E-state index in [0.29, 0.717) is 11.4 Å². The van der Waals surface area contributed by atoms with Crippen LogP contribution in [-0.2, 0) is 27.8 Å². The highest BCUT2D eigenvalue weighted by Gasteiger charge is 2.27. The van der Waals surface area contributed by atoms with Gasteiger partial charge in [0.05, 0.1) is 11.0 Å². The molecule has 2 rings (SSSR count). The van der Waals surface area contributed by atoms with E-state index in [1.807, 2.05) is 25.5 Å². The highest BCUT2D eigenvalue weighted by atomic mass is 32.2. The summed E-state index contributed by atoms with van der Waals surface area (Å²) in [6, 6.07) is 1.51. The molecule has 1 saturated heterocycles. The summed E-state index contributed by atoms with van der Waals surface area (Å²) in [5, 5.41) is 3.05. The molecule has 21 heavy (non-hydrogen) atoms. The van der Waals surface area contributed by atoms with Crippen molar-refractivity contribution in [3.05, 3.63) is 18.0 Å². The molecule has 7 heteroatoms. The van der Waals surface area contributed by atoms with Crippen LogP contribution in [0, 0.1) is 0 Å². The van der Waals surface area contributed by atoms with Crippen molar-refractivity contribution in [1.82, 2.24) is 14.6 Å². The van der Waals surface area contributed by atoms with Crippen molar-refractivity contribution in [2.24, 2.45) is 0 Å². The van der Waals surface area contributed by atoms with Gasteiger partial charge in [-0.3, -0.25) is 0 Å². The van der Waals surface area contributed by atoms with Crippen molar-refractivity contribution in [3.8, 4) is 0 Å². The molecule has 1 fully saturated rings. The van der Waals surface area contributed by atoms with Gasteiger partial charge in [-0.2, -0.15) is 0 Å². The summed E-state index contributed by atoms with van der Waals surface area (Å²) in [4.78, 5) is 0.319. The van der Waals surface area contributed by atoms with Crippen LogP contribution in [0.4, 0.5) is 0 Å². The minimum Gasteiger partial charge on any atom is -0.377 e. The number of rotatable bonds is 7. The Balaban J connectivity index is 2.14. The Kier molecular flexibility index (Phi) is 5.43. The van der Waals surface area contributed by atoms with E-state index in [4.69, 9.17) is 4.74 Å². The van der Waals surface area contributed by atoms with Gasteiger partial charge >= 0.3 is 0 Å². The molecule has 2 N–H and O–H groups in total. The molecule has 1 aliphatic heterocycles. The van der Waals surface area contributed by atoms with Crippen LogP contribution in [0.3, 0.4) is 0 Å². The molecule has 2 atom stereocenters. The Morgan fingerprint density at radius 1 is 1.52 bits per heavy atom. The summed E-state index contributed by atoms with van der Waals surface area (Å²) in [5.74, 6) is 0. The fourth-order valence-electron chi connectivity index (χ4n) is 2.68. The van der Waals surface area contributed by atoms with E-state index in [1.165, 1.54) is 0 Å². The lowest BCUT2D eigenvalue weighted by atomic mass is 10.1. The molecule has 0 radical (unpaired) electrons.